The average molecular weight is 247 g/mol. The van der Waals surface area contributed by atoms with Gasteiger partial charge in [-0.15, -0.1) is 0 Å². The molecule has 1 saturated heterocycles. The lowest BCUT2D eigenvalue weighted by Crippen LogP contribution is -2.37. The first kappa shape index (κ1) is 11.9. The molecule has 1 aromatic rings. The van der Waals surface area contributed by atoms with Crippen LogP contribution in [-0.2, 0) is 12.8 Å². The standard InChI is InChI=1S/C14H21N3O/c1-2-6-12-13(7-3-1)16-10-17-14(12)18-11-5-4-8-15-9-11/h10-11,15H,1-9H2/t11-/m0/s1. The fourth-order valence-corrected chi connectivity index (χ4v) is 2.85. The highest BCUT2D eigenvalue weighted by atomic mass is 16.5. The maximum Gasteiger partial charge on any atom is 0.220 e. The summed E-state index contributed by atoms with van der Waals surface area (Å²) in [5.41, 5.74) is 2.47. The molecule has 0 aromatic carbocycles. The predicted octanol–water partition coefficient (Wildman–Crippen LogP) is 1.88. The first-order chi connectivity index (χ1) is 8.93. The maximum absolute atomic E-state index is 6.10. The number of rotatable bonds is 2. The molecule has 4 nitrogen and oxygen atoms in total. The van der Waals surface area contributed by atoms with Crippen LogP contribution in [0.5, 0.6) is 5.88 Å². The molecule has 3 rings (SSSR count). The fourth-order valence-electron chi connectivity index (χ4n) is 2.85. The molecule has 0 saturated carbocycles. The number of nitrogens with one attached hydrogen (secondary N) is 1. The molecule has 1 aliphatic carbocycles. The van der Waals surface area contributed by atoms with E-state index in [2.05, 4.69) is 15.3 Å². The van der Waals surface area contributed by atoms with E-state index in [1.54, 1.807) is 6.33 Å². The third-order valence-corrected chi connectivity index (χ3v) is 3.87. The van der Waals surface area contributed by atoms with Crippen molar-refractivity contribution in [2.45, 2.75) is 51.0 Å². The second-order valence-electron chi connectivity index (χ2n) is 5.25. The van der Waals surface area contributed by atoms with Gasteiger partial charge in [-0.3, -0.25) is 0 Å². The molecule has 1 aromatic heterocycles. The minimum absolute atomic E-state index is 0.279. The number of aromatic nitrogens is 2. The van der Waals surface area contributed by atoms with Crippen LogP contribution in [0, 0.1) is 0 Å². The summed E-state index contributed by atoms with van der Waals surface area (Å²) in [7, 11) is 0. The lowest BCUT2D eigenvalue weighted by molar-refractivity contribution is 0.158. The van der Waals surface area contributed by atoms with E-state index in [0.29, 0.717) is 0 Å². The molecule has 2 aliphatic rings. The molecule has 0 radical (unpaired) electrons. The van der Waals surface area contributed by atoms with Gasteiger partial charge in [0.25, 0.3) is 0 Å². The van der Waals surface area contributed by atoms with Crippen molar-refractivity contribution in [2.24, 2.45) is 0 Å². The summed E-state index contributed by atoms with van der Waals surface area (Å²) < 4.78 is 6.10. The number of piperidine rings is 1. The summed E-state index contributed by atoms with van der Waals surface area (Å²) in [4.78, 5) is 8.79. The SMILES string of the molecule is c1nc2c(c(O[C@H]3CCCNC3)n1)CCCCC2. The Balaban J connectivity index is 1.78. The normalized spacial score (nSPS) is 24.1. The molecule has 0 spiro atoms. The predicted molar refractivity (Wildman–Crippen MR) is 69.8 cm³/mol. The van der Waals surface area contributed by atoms with Crippen LogP contribution in [0.3, 0.4) is 0 Å². The average Bonchev–Trinajstić information content (AvgIpc) is 2.66. The van der Waals surface area contributed by atoms with Gasteiger partial charge in [0.1, 0.15) is 12.4 Å². The number of hydrogen-bond acceptors (Lipinski definition) is 4. The van der Waals surface area contributed by atoms with Gasteiger partial charge in [-0.05, 0) is 45.1 Å². The van der Waals surface area contributed by atoms with Crippen molar-refractivity contribution < 1.29 is 4.74 Å². The monoisotopic (exact) mass is 247 g/mol. The Bertz CT molecular complexity index is 402. The van der Waals surface area contributed by atoms with E-state index >= 15 is 0 Å². The van der Waals surface area contributed by atoms with Crippen LogP contribution in [0.1, 0.15) is 43.4 Å². The van der Waals surface area contributed by atoms with Crippen molar-refractivity contribution in [2.75, 3.05) is 13.1 Å². The highest BCUT2D eigenvalue weighted by Gasteiger charge is 2.20. The van der Waals surface area contributed by atoms with Gasteiger partial charge in [0.15, 0.2) is 0 Å². The Kier molecular flexibility index (Phi) is 3.74. The largest absolute Gasteiger partial charge is 0.473 e. The molecule has 0 bridgehead atoms. The van der Waals surface area contributed by atoms with Gasteiger partial charge in [-0.25, -0.2) is 9.97 Å². The number of nitrogens with zero attached hydrogens (tertiary/aromatic N) is 2. The van der Waals surface area contributed by atoms with Gasteiger partial charge >= 0.3 is 0 Å². The summed E-state index contributed by atoms with van der Waals surface area (Å²) >= 11 is 0. The third kappa shape index (κ3) is 2.64. The van der Waals surface area contributed by atoms with Crippen LogP contribution in [-0.4, -0.2) is 29.2 Å². The van der Waals surface area contributed by atoms with Crippen LogP contribution in [0.25, 0.3) is 0 Å². The lowest BCUT2D eigenvalue weighted by atomic mass is 10.1. The fraction of sp³-hybridized carbons (Fsp3) is 0.714. The summed E-state index contributed by atoms with van der Waals surface area (Å²) in [6.07, 6.45) is 10.2. The molecule has 1 aliphatic heterocycles. The Morgan fingerprint density at radius 2 is 2.06 bits per heavy atom. The van der Waals surface area contributed by atoms with E-state index in [1.165, 1.54) is 36.9 Å². The summed E-state index contributed by atoms with van der Waals surface area (Å²) in [5, 5.41) is 3.38. The van der Waals surface area contributed by atoms with Crippen molar-refractivity contribution in [3.05, 3.63) is 17.6 Å². The molecule has 2 heterocycles. The molecular weight excluding hydrogens is 226 g/mol. The maximum atomic E-state index is 6.10. The van der Waals surface area contributed by atoms with Crippen LogP contribution in [0.15, 0.2) is 6.33 Å². The lowest BCUT2D eigenvalue weighted by Gasteiger charge is -2.24. The Morgan fingerprint density at radius 1 is 1.11 bits per heavy atom. The van der Waals surface area contributed by atoms with Crippen LogP contribution in [0.4, 0.5) is 0 Å². The smallest absolute Gasteiger partial charge is 0.220 e. The third-order valence-electron chi connectivity index (χ3n) is 3.87. The summed E-state index contributed by atoms with van der Waals surface area (Å²) in [6.45, 7) is 2.06. The summed E-state index contributed by atoms with van der Waals surface area (Å²) in [5.74, 6) is 0.843. The molecule has 18 heavy (non-hydrogen) atoms. The Hall–Kier alpha value is -1.16. The molecular formula is C14H21N3O. The van der Waals surface area contributed by atoms with Crippen molar-refractivity contribution in [3.8, 4) is 5.88 Å². The van der Waals surface area contributed by atoms with Crippen molar-refractivity contribution in [1.29, 1.82) is 0 Å². The number of aryl methyl sites for hydroxylation is 1. The van der Waals surface area contributed by atoms with Crippen molar-refractivity contribution in [1.82, 2.24) is 15.3 Å². The van der Waals surface area contributed by atoms with Gasteiger partial charge in [-0.1, -0.05) is 6.42 Å². The van der Waals surface area contributed by atoms with E-state index < -0.39 is 0 Å². The van der Waals surface area contributed by atoms with E-state index in [4.69, 9.17) is 4.74 Å². The molecule has 1 N–H and O–H groups in total. The zero-order valence-corrected chi connectivity index (χ0v) is 10.8. The quantitative estimate of drug-likeness (QED) is 0.811. The molecule has 1 atom stereocenters. The van der Waals surface area contributed by atoms with E-state index in [9.17, 15) is 0 Å². The van der Waals surface area contributed by atoms with E-state index in [1.807, 2.05) is 0 Å². The van der Waals surface area contributed by atoms with E-state index in [0.717, 1.165) is 38.2 Å². The minimum Gasteiger partial charge on any atom is -0.473 e. The van der Waals surface area contributed by atoms with Gasteiger partial charge in [0.05, 0.1) is 5.69 Å². The van der Waals surface area contributed by atoms with Crippen molar-refractivity contribution >= 4 is 0 Å². The molecule has 0 amide bonds. The first-order valence-electron chi connectivity index (χ1n) is 7.13. The van der Waals surface area contributed by atoms with Gasteiger partial charge < -0.3 is 10.1 Å². The molecule has 98 valence electrons. The van der Waals surface area contributed by atoms with Crippen LogP contribution in [0.2, 0.25) is 0 Å². The molecule has 4 heteroatoms. The first-order valence-corrected chi connectivity index (χ1v) is 7.13. The number of fused-ring (bicyclic) bond motifs is 1. The Morgan fingerprint density at radius 3 is 2.94 bits per heavy atom. The number of hydrogen-bond donors (Lipinski definition) is 1. The highest BCUT2D eigenvalue weighted by Crippen LogP contribution is 2.26. The summed E-state index contributed by atoms with van der Waals surface area (Å²) in [6, 6.07) is 0. The zero-order valence-electron chi connectivity index (χ0n) is 10.8. The van der Waals surface area contributed by atoms with Gasteiger partial charge in [-0.2, -0.15) is 0 Å². The molecule has 1 fully saturated rings. The van der Waals surface area contributed by atoms with Crippen LogP contribution >= 0.6 is 0 Å². The highest BCUT2D eigenvalue weighted by molar-refractivity contribution is 5.31. The second kappa shape index (κ2) is 5.65. The van der Waals surface area contributed by atoms with Gasteiger partial charge in [0, 0.05) is 12.1 Å². The molecule has 0 unspecified atom stereocenters. The minimum atomic E-state index is 0.279. The van der Waals surface area contributed by atoms with Gasteiger partial charge in [0.2, 0.25) is 5.88 Å². The Labute approximate surface area is 108 Å². The topological polar surface area (TPSA) is 47.0 Å². The zero-order chi connectivity index (χ0) is 12.2. The number of ether oxygens (including phenoxy) is 1. The van der Waals surface area contributed by atoms with Crippen LogP contribution < -0.4 is 10.1 Å². The second-order valence-corrected chi connectivity index (χ2v) is 5.25. The van der Waals surface area contributed by atoms with E-state index in [-0.39, 0.29) is 6.10 Å². The van der Waals surface area contributed by atoms with Crippen molar-refractivity contribution in [3.63, 3.8) is 0 Å².